The molecule has 0 radical (unpaired) electrons. The summed E-state index contributed by atoms with van der Waals surface area (Å²) < 4.78 is 26.3. The lowest BCUT2D eigenvalue weighted by molar-refractivity contribution is -0.121. The predicted octanol–water partition coefficient (Wildman–Crippen LogP) is 3.03. The van der Waals surface area contributed by atoms with Crippen LogP contribution in [0.3, 0.4) is 0 Å². The maximum absolute atomic E-state index is 13.3. The van der Waals surface area contributed by atoms with E-state index in [1.807, 2.05) is 6.92 Å². The first kappa shape index (κ1) is 14.9. The minimum atomic E-state index is -0.957. The number of halogens is 3. The van der Waals surface area contributed by atoms with Gasteiger partial charge in [-0.1, -0.05) is 12.1 Å². The van der Waals surface area contributed by atoms with Crippen LogP contribution in [0.1, 0.15) is 25.3 Å². The van der Waals surface area contributed by atoms with Crippen LogP contribution in [0.4, 0.5) is 8.78 Å². The number of benzene rings is 1. The summed E-state index contributed by atoms with van der Waals surface area (Å²) in [5.41, 5.74) is 0.0667. The van der Waals surface area contributed by atoms with Crippen molar-refractivity contribution in [1.82, 2.24) is 5.32 Å². The molecule has 1 unspecified atom stereocenters. The van der Waals surface area contributed by atoms with Crippen LogP contribution in [0.15, 0.2) is 18.2 Å². The summed E-state index contributed by atoms with van der Waals surface area (Å²) in [5.74, 6) is -1.67. The summed E-state index contributed by atoms with van der Waals surface area (Å²) in [5, 5.41) is 2.72. The summed E-state index contributed by atoms with van der Waals surface area (Å²) in [7, 11) is 0. The van der Waals surface area contributed by atoms with Crippen LogP contribution in [-0.4, -0.2) is 17.8 Å². The van der Waals surface area contributed by atoms with E-state index >= 15 is 0 Å². The Bertz CT molecular complexity index is 412. The van der Waals surface area contributed by atoms with Gasteiger partial charge in [0.15, 0.2) is 11.6 Å². The van der Waals surface area contributed by atoms with Crippen LogP contribution < -0.4 is 5.32 Å². The van der Waals surface area contributed by atoms with Crippen molar-refractivity contribution in [3.05, 3.63) is 35.4 Å². The number of carbonyl (C=O) groups excluding carboxylic acids is 1. The molecule has 1 aromatic rings. The molecule has 0 spiro atoms. The minimum absolute atomic E-state index is 0.0205. The molecule has 2 nitrogen and oxygen atoms in total. The minimum Gasteiger partial charge on any atom is -0.353 e. The number of alkyl halides is 1. The first-order valence-electron chi connectivity index (χ1n) is 5.82. The van der Waals surface area contributed by atoms with Crippen LogP contribution in [0.2, 0.25) is 0 Å². The van der Waals surface area contributed by atoms with Gasteiger partial charge in [-0.3, -0.25) is 4.79 Å². The molecule has 0 heterocycles. The Labute approximate surface area is 110 Å². The van der Waals surface area contributed by atoms with Crippen molar-refractivity contribution in [2.24, 2.45) is 0 Å². The molecule has 1 aromatic carbocycles. The van der Waals surface area contributed by atoms with Gasteiger partial charge in [0.1, 0.15) is 0 Å². The molecule has 0 aromatic heterocycles. The zero-order valence-electron chi connectivity index (χ0n) is 10.2. The largest absolute Gasteiger partial charge is 0.353 e. The zero-order valence-corrected chi connectivity index (χ0v) is 10.9. The van der Waals surface area contributed by atoms with E-state index in [1.54, 1.807) is 0 Å². The number of nitrogens with one attached hydrogen (secondary N) is 1. The van der Waals surface area contributed by atoms with Gasteiger partial charge in [-0.15, -0.1) is 11.6 Å². The van der Waals surface area contributed by atoms with E-state index in [4.69, 9.17) is 11.6 Å². The highest BCUT2D eigenvalue weighted by molar-refractivity contribution is 6.17. The molecule has 1 amide bonds. The molecule has 1 N–H and O–H groups in total. The highest BCUT2D eigenvalue weighted by Gasteiger charge is 2.13. The summed E-state index contributed by atoms with van der Waals surface area (Å²) in [4.78, 5) is 11.6. The van der Waals surface area contributed by atoms with E-state index in [0.29, 0.717) is 5.88 Å². The van der Waals surface area contributed by atoms with Gasteiger partial charge in [0.05, 0.1) is 6.42 Å². The molecule has 100 valence electrons. The molecule has 0 bridgehead atoms. The third-order valence-corrected chi connectivity index (χ3v) is 2.83. The fourth-order valence-corrected chi connectivity index (χ4v) is 1.79. The summed E-state index contributed by atoms with van der Waals surface area (Å²) in [6, 6.07) is 3.80. The fraction of sp³-hybridized carbons (Fsp3) is 0.462. The Balaban J connectivity index is 2.52. The van der Waals surface area contributed by atoms with Crippen LogP contribution in [-0.2, 0) is 11.2 Å². The highest BCUT2D eigenvalue weighted by atomic mass is 35.5. The molecule has 1 atom stereocenters. The normalized spacial score (nSPS) is 12.2. The summed E-state index contributed by atoms with van der Waals surface area (Å²) >= 11 is 5.55. The standard InChI is InChI=1S/C13H16ClF2NO/c1-9(4-3-7-14)17-12(18)8-10-5-2-6-11(15)13(10)16/h2,5-6,9H,3-4,7-8H2,1H3,(H,17,18). The van der Waals surface area contributed by atoms with E-state index in [9.17, 15) is 13.6 Å². The molecular formula is C13H16ClF2NO. The Morgan fingerprint density at radius 3 is 2.83 bits per heavy atom. The van der Waals surface area contributed by atoms with Crippen molar-refractivity contribution in [2.75, 3.05) is 5.88 Å². The summed E-state index contributed by atoms with van der Waals surface area (Å²) in [6.45, 7) is 1.85. The van der Waals surface area contributed by atoms with Crippen LogP contribution >= 0.6 is 11.6 Å². The number of hydrogen-bond donors (Lipinski definition) is 1. The lowest BCUT2D eigenvalue weighted by Crippen LogP contribution is -2.33. The molecular weight excluding hydrogens is 260 g/mol. The maximum atomic E-state index is 13.3. The Kier molecular flexibility index (Phi) is 6.05. The lowest BCUT2D eigenvalue weighted by atomic mass is 10.1. The Morgan fingerprint density at radius 1 is 1.44 bits per heavy atom. The first-order valence-corrected chi connectivity index (χ1v) is 6.36. The van der Waals surface area contributed by atoms with Crippen LogP contribution in [0.25, 0.3) is 0 Å². The molecule has 1 rings (SSSR count). The van der Waals surface area contributed by atoms with Crippen LogP contribution in [0, 0.1) is 11.6 Å². The molecule has 0 saturated carbocycles. The van der Waals surface area contributed by atoms with Gasteiger partial charge in [-0.05, 0) is 25.8 Å². The van der Waals surface area contributed by atoms with E-state index < -0.39 is 11.6 Å². The van der Waals surface area contributed by atoms with Crippen molar-refractivity contribution < 1.29 is 13.6 Å². The topological polar surface area (TPSA) is 29.1 Å². The molecule has 0 aliphatic carbocycles. The molecule has 0 aliphatic heterocycles. The number of carbonyl (C=O) groups is 1. The summed E-state index contributed by atoms with van der Waals surface area (Å²) in [6.07, 6.45) is 1.41. The van der Waals surface area contributed by atoms with E-state index in [-0.39, 0.29) is 23.9 Å². The van der Waals surface area contributed by atoms with Crippen molar-refractivity contribution in [3.63, 3.8) is 0 Å². The lowest BCUT2D eigenvalue weighted by Gasteiger charge is -2.13. The maximum Gasteiger partial charge on any atom is 0.224 e. The van der Waals surface area contributed by atoms with Crippen molar-refractivity contribution in [3.8, 4) is 0 Å². The van der Waals surface area contributed by atoms with Gasteiger partial charge in [-0.2, -0.15) is 0 Å². The third-order valence-electron chi connectivity index (χ3n) is 2.56. The Hall–Kier alpha value is -1.16. The second kappa shape index (κ2) is 7.31. The second-order valence-corrected chi connectivity index (χ2v) is 4.57. The van der Waals surface area contributed by atoms with Crippen molar-refractivity contribution in [2.45, 2.75) is 32.2 Å². The average molecular weight is 276 g/mol. The van der Waals surface area contributed by atoms with Crippen LogP contribution in [0.5, 0.6) is 0 Å². The van der Waals surface area contributed by atoms with E-state index in [1.165, 1.54) is 12.1 Å². The van der Waals surface area contributed by atoms with Crippen molar-refractivity contribution in [1.29, 1.82) is 0 Å². The molecule has 0 fully saturated rings. The number of rotatable bonds is 6. The second-order valence-electron chi connectivity index (χ2n) is 4.19. The predicted molar refractivity (Wildman–Crippen MR) is 67.6 cm³/mol. The van der Waals surface area contributed by atoms with Gasteiger partial charge in [0.25, 0.3) is 0 Å². The van der Waals surface area contributed by atoms with Gasteiger partial charge >= 0.3 is 0 Å². The zero-order chi connectivity index (χ0) is 13.5. The molecule has 0 saturated heterocycles. The monoisotopic (exact) mass is 275 g/mol. The van der Waals surface area contributed by atoms with E-state index in [0.717, 1.165) is 18.9 Å². The highest BCUT2D eigenvalue weighted by Crippen LogP contribution is 2.12. The molecule has 18 heavy (non-hydrogen) atoms. The first-order chi connectivity index (χ1) is 8.54. The van der Waals surface area contributed by atoms with E-state index in [2.05, 4.69) is 5.32 Å². The van der Waals surface area contributed by atoms with Gasteiger partial charge in [0, 0.05) is 17.5 Å². The molecule has 5 heteroatoms. The average Bonchev–Trinajstić information content (AvgIpc) is 2.32. The van der Waals surface area contributed by atoms with Gasteiger partial charge in [0.2, 0.25) is 5.91 Å². The number of hydrogen-bond acceptors (Lipinski definition) is 1. The third kappa shape index (κ3) is 4.61. The quantitative estimate of drug-likeness (QED) is 0.795. The molecule has 0 aliphatic rings. The number of amides is 1. The van der Waals surface area contributed by atoms with Crippen molar-refractivity contribution >= 4 is 17.5 Å². The Morgan fingerprint density at radius 2 is 2.17 bits per heavy atom. The fourth-order valence-electron chi connectivity index (χ4n) is 1.64. The smallest absolute Gasteiger partial charge is 0.224 e. The van der Waals surface area contributed by atoms with Gasteiger partial charge < -0.3 is 5.32 Å². The SMILES string of the molecule is CC(CCCCl)NC(=O)Cc1cccc(F)c1F. The van der Waals surface area contributed by atoms with Gasteiger partial charge in [-0.25, -0.2) is 8.78 Å².